The van der Waals surface area contributed by atoms with Crippen molar-refractivity contribution in [1.82, 2.24) is 4.90 Å². The number of nitriles is 1. The summed E-state index contributed by atoms with van der Waals surface area (Å²) in [6, 6.07) is 2.16. The average molecular weight is 252 g/mol. The molecule has 1 aliphatic rings. The Kier molecular flexibility index (Phi) is 4.26. The average Bonchev–Trinajstić information content (AvgIpc) is 2.18. The lowest BCUT2D eigenvalue weighted by molar-refractivity contribution is -0.00660. The van der Waals surface area contributed by atoms with Crippen LogP contribution in [0, 0.1) is 16.7 Å². The van der Waals surface area contributed by atoms with Gasteiger partial charge in [0.2, 0.25) is 0 Å². The predicted octanol–water partition coefficient (Wildman–Crippen LogP) is 3.33. The molecule has 0 aromatic carbocycles. The Morgan fingerprint density at radius 3 is 2.61 bits per heavy atom. The fourth-order valence-electron chi connectivity index (χ4n) is 2.23. The predicted molar refractivity (Wildman–Crippen MR) is 70.0 cm³/mol. The fraction of sp³-hybridized carbons (Fsp3) is 0.857. The van der Waals surface area contributed by atoms with Gasteiger partial charge in [-0.2, -0.15) is 5.26 Å². The third kappa shape index (κ3) is 4.21. The lowest BCUT2D eigenvalue weighted by Gasteiger charge is -2.43. The second kappa shape index (κ2) is 5.17. The molecule has 0 aromatic heterocycles. The molecule has 0 bridgehead atoms. The molecule has 1 aliphatic heterocycles. The van der Waals surface area contributed by atoms with Crippen LogP contribution in [0.2, 0.25) is 0 Å². The fourth-order valence-corrected chi connectivity index (χ4v) is 2.23. The molecular formula is C14H24N2O2. The van der Waals surface area contributed by atoms with Crippen LogP contribution in [0.4, 0.5) is 4.79 Å². The maximum atomic E-state index is 12.2. The Hall–Kier alpha value is -1.24. The van der Waals surface area contributed by atoms with Crippen molar-refractivity contribution in [3.8, 4) is 6.07 Å². The first kappa shape index (κ1) is 14.8. The molecule has 1 saturated heterocycles. The highest BCUT2D eigenvalue weighted by molar-refractivity contribution is 5.68. The summed E-state index contributed by atoms with van der Waals surface area (Å²) >= 11 is 0. The second-order valence-electron chi connectivity index (χ2n) is 6.83. The minimum atomic E-state index is -0.490. The van der Waals surface area contributed by atoms with Gasteiger partial charge < -0.3 is 9.64 Å². The lowest BCUT2D eigenvalue weighted by atomic mass is 9.81. The van der Waals surface area contributed by atoms with Crippen LogP contribution in [0.15, 0.2) is 0 Å². The zero-order valence-electron chi connectivity index (χ0n) is 12.1. The number of nitrogens with zero attached hydrogens (tertiary/aromatic N) is 2. The highest BCUT2D eigenvalue weighted by Gasteiger charge is 2.37. The molecule has 0 aliphatic carbocycles. The van der Waals surface area contributed by atoms with Gasteiger partial charge in [-0.05, 0) is 39.0 Å². The van der Waals surface area contributed by atoms with Gasteiger partial charge in [0.05, 0.1) is 12.5 Å². The van der Waals surface area contributed by atoms with Gasteiger partial charge in [0.15, 0.2) is 0 Å². The van der Waals surface area contributed by atoms with E-state index in [4.69, 9.17) is 10.00 Å². The molecule has 0 saturated carbocycles. The number of amides is 1. The topological polar surface area (TPSA) is 53.3 Å². The number of likely N-dealkylation sites (tertiary alicyclic amines) is 1. The number of ether oxygens (including phenoxy) is 1. The van der Waals surface area contributed by atoms with Crippen LogP contribution < -0.4 is 0 Å². The van der Waals surface area contributed by atoms with Crippen molar-refractivity contribution in [2.75, 3.05) is 6.54 Å². The molecule has 1 unspecified atom stereocenters. The molecular weight excluding hydrogens is 228 g/mol. The van der Waals surface area contributed by atoms with E-state index in [0.29, 0.717) is 13.0 Å². The van der Waals surface area contributed by atoms with Crippen molar-refractivity contribution in [3.63, 3.8) is 0 Å². The molecule has 0 aromatic rings. The Labute approximate surface area is 110 Å². The quantitative estimate of drug-likeness (QED) is 0.719. The maximum absolute atomic E-state index is 12.2. The summed E-state index contributed by atoms with van der Waals surface area (Å²) in [7, 11) is 0. The van der Waals surface area contributed by atoms with Gasteiger partial charge in [-0.3, -0.25) is 0 Å². The van der Waals surface area contributed by atoms with Crippen molar-refractivity contribution in [1.29, 1.82) is 5.26 Å². The van der Waals surface area contributed by atoms with Gasteiger partial charge in [-0.15, -0.1) is 0 Å². The Bertz CT molecular complexity index is 350. The Morgan fingerprint density at radius 2 is 2.11 bits per heavy atom. The van der Waals surface area contributed by atoms with Crippen molar-refractivity contribution in [3.05, 3.63) is 0 Å². The molecule has 0 spiro atoms. The van der Waals surface area contributed by atoms with Gasteiger partial charge in [0.1, 0.15) is 5.60 Å². The molecule has 1 amide bonds. The smallest absolute Gasteiger partial charge is 0.410 e. The van der Waals surface area contributed by atoms with E-state index in [1.165, 1.54) is 0 Å². The summed E-state index contributed by atoms with van der Waals surface area (Å²) in [5.41, 5.74) is -0.390. The summed E-state index contributed by atoms with van der Waals surface area (Å²) < 4.78 is 5.42. The molecule has 1 heterocycles. The molecule has 4 heteroatoms. The van der Waals surface area contributed by atoms with Crippen LogP contribution in [0.3, 0.4) is 0 Å². The van der Waals surface area contributed by atoms with E-state index >= 15 is 0 Å². The maximum Gasteiger partial charge on any atom is 0.410 e. The van der Waals surface area contributed by atoms with Crippen molar-refractivity contribution >= 4 is 6.09 Å². The molecule has 0 N–H and O–H groups in total. The van der Waals surface area contributed by atoms with E-state index in [0.717, 1.165) is 12.8 Å². The first-order valence-corrected chi connectivity index (χ1v) is 6.51. The number of rotatable bonds is 1. The Morgan fingerprint density at radius 1 is 1.50 bits per heavy atom. The molecule has 18 heavy (non-hydrogen) atoms. The van der Waals surface area contributed by atoms with Gasteiger partial charge in [0.25, 0.3) is 0 Å². The van der Waals surface area contributed by atoms with Crippen LogP contribution in [0.5, 0.6) is 0 Å². The van der Waals surface area contributed by atoms with E-state index in [-0.39, 0.29) is 17.6 Å². The van der Waals surface area contributed by atoms with E-state index in [2.05, 4.69) is 19.9 Å². The number of piperidine rings is 1. The molecule has 4 nitrogen and oxygen atoms in total. The van der Waals surface area contributed by atoms with Crippen LogP contribution in [0.1, 0.15) is 53.9 Å². The van der Waals surface area contributed by atoms with Gasteiger partial charge in [-0.25, -0.2) is 4.79 Å². The number of hydrogen-bond donors (Lipinski definition) is 0. The zero-order chi connectivity index (χ0) is 14.0. The minimum Gasteiger partial charge on any atom is -0.444 e. The van der Waals surface area contributed by atoms with E-state index in [1.807, 2.05) is 20.8 Å². The van der Waals surface area contributed by atoms with E-state index in [1.54, 1.807) is 4.90 Å². The van der Waals surface area contributed by atoms with E-state index in [9.17, 15) is 4.79 Å². The number of carbonyl (C=O) groups is 1. The number of carbonyl (C=O) groups excluding carboxylic acids is 1. The molecule has 1 atom stereocenters. The van der Waals surface area contributed by atoms with Crippen molar-refractivity contribution < 1.29 is 9.53 Å². The second-order valence-corrected chi connectivity index (χ2v) is 6.83. The summed E-state index contributed by atoms with van der Waals surface area (Å²) in [6.45, 7) is 10.5. The summed E-state index contributed by atoms with van der Waals surface area (Å²) in [4.78, 5) is 13.9. The Balaban J connectivity index is 2.79. The third-order valence-corrected chi connectivity index (χ3v) is 3.15. The highest BCUT2D eigenvalue weighted by Crippen LogP contribution is 2.33. The van der Waals surface area contributed by atoms with Gasteiger partial charge in [0, 0.05) is 12.6 Å². The minimum absolute atomic E-state index is 0.00197. The van der Waals surface area contributed by atoms with Crippen LogP contribution in [-0.2, 0) is 4.74 Å². The third-order valence-electron chi connectivity index (χ3n) is 3.15. The molecule has 1 fully saturated rings. The normalized spacial score (nSPS) is 23.3. The highest BCUT2D eigenvalue weighted by atomic mass is 16.6. The summed E-state index contributed by atoms with van der Waals surface area (Å²) in [5.74, 6) is 0. The summed E-state index contributed by atoms with van der Waals surface area (Å²) in [6.07, 6.45) is 2.00. The first-order valence-electron chi connectivity index (χ1n) is 6.51. The standard InChI is InChI=1S/C14H24N2O2/c1-13(2,3)18-12(17)16-10-14(4,5)8-6-11(16)7-9-15/h11H,6-8,10H2,1-5H3. The van der Waals surface area contributed by atoms with Crippen molar-refractivity contribution in [2.45, 2.75) is 65.5 Å². The van der Waals surface area contributed by atoms with Crippen molar-refractivity contribution in [2.24, 2.45) is 5.41 Å². The number of hydrogen-bond acceptors (Lipinski definition) is 3. The molecule has 102 valence electrons. The van der Waals surface area contributed by atoms with Crippen LogP contribution in [0.25, 0.3) is 0 Å². The van der Waals surface area contributed by atoms with E-state index < -0.39 is 5.60 Å². The first-order chi connectivity index (χ1) is 8.14. The molecule has 1 rings (SSSR count). The lowest BCUT2D eigenvalue weighted by Crippen LogP contribution is -2.51. The molecule has 0 radical (unpaired) electrons. The van der Waals surface area contributed by atoms with Gasteiger partial charge >= 0.3 is 6.09 Å². The summed E-state index contributed by atoms with van der Waals surface area (Å²) in [5, 5.41) is 8.85. The SMILES string of the molecule is CC1(C)CCC(CC#N)N(C(=O)OC(C)(C)C)C1. The van der Waals surface area contributed by atoms with Crippen LogP contribution in [-0.4, -0.2) is 29.2 Å². The van der Waals surface area contributed by atoms with Gasteiger partial charge in [-0.1, -0.05) is 13.8 Å². The zero-order valence-corrected chi connectivity index (χ0v) is 12.1. The monoisotopic (exact) mass is 252 g/mol. The van der Waals surface area contributed by atoms with Crippen LogP contribution >= 0.6 is 0 Å². The largest absolute Gasteiger partial charge is 0.444 e.